The van der Waals surface area contributed by atoms with Gasteiger partial charge < -0.3 is 0 Å². The summed E-state index contributed by atoms with van der Waals surface area (Å²) in [6.45, 7) is 5.88. The fourth-order valence-electron chi connectivity index (χ4n) is 3.84. The first-order valence-corrected chi connectivity index (χ1v) is 10.7. The van der Waals surface area contributed by atoms with Crippen LogP contribution >= 0.6 is 0 Å². The lowest BCUT2D eigenvalue weighted by atomic mass is 10.1. The smallest absolute Gasteiger partial charge is 0.267 e. The number of aryl methyl sites for hydroxylation is 2. The Morgan fingerprint density at radius 2 is 1.85 bits per heavy atom. The first-order valence-electron chi connectivity index (χ1n) is 10.7. The minimum absolute atomic E-state index is 0.159. The largest absolute Gasteiger partial charge is 0.268 e. The number of tetrazole rings is 1. The Kier molecular flexibility index (Phi) is 5.43. The number of nitrogens with zero attached hydrogens (tertiary/aromatic N) is 7. The van der Waals surface area contributed by atoms with Crippen LogP contribution < -0.4 is 11.0 Å². The quantitative estimate of drug-likeness (QED) is 0.323. The Labute approximate surface area is 195 Å². The van der Waals surface area contributed by atoms with Gasteiger partial charge in [-0.15, -0.1) is 5.10 Å². The summed E-state index contributed by atoms with van der Waals surface area (Å²) in [6, 6.07) is 20.9. The average molecular weight is 451 g/mol. The topological polar surface area (TPSA) is 103 Å². The Hall–Kier alpha value is -4.66. The fraction of sp³-hybridized carbons (Fsp3) is 0.120. The SMILES string of the molecule is C/C(=N\Nc1nc2ccccc2c(=O)n1-c1ccc(C)cc1C)c1cccc(-n2cnnn2)c1. The number of hydrogen-bond donors (Lipinski definition) is 1. The Morgan fingerprint density at radius 1 is 1.00 bits per heavy atom. The van der Waals surface area contributed by atoms with Crippen molar-refractivity contribution in [2.75, 3.05) is 5.43 Å². The molecule has 0 aliphatic heterocycles. The standard InChI is InChI=1S/C25H22N8O/c1-16-11-12-23(17(2)13-16)33-24(34)21-9-4-5-10-22(21)27-25(33)29-28-18(3)19-7-6-8-20(14-19)32-15-26-30-31-32/h4-15H,1-3H3,(H,27,29)/b28-18+. The Morgan fingerprint density at radius 3 is 2.65 bits per heavy atom. The Balaban J connectivity index is 1.59. The predicted molar refractivity (Wildman–Crippen MR) is 132 cm³/mol. The summed E-state index contributed by atoms with van der Waals surface area (Å²) in [5.74, 6) is 0.339. The molecule has 0 spiro atoms. The van der Waals surface area contributed by atoms with Crippen molar-refractivity contribution in [2.24, 2.45) is 5.10 Å². The van der Waals surface area contributed by atoms with Gasteiger partial charge in [-0.3, -0.25) is 4.79 Å². The highest BCUT2D eigenvalue weighted by atomic mass is 16.1. The molecular formula is C25H22N8O. The number of aromatic nitrogens is 6. The fourth-order valence-corrected chi connectivity index (χ4v) is 3.84. The second-order valence-corrected chi connectivity index (χ2v) is 8.00. The van der Waals surface area contributed by atoms with Gasteiger partial charge in [0.1, 0.15) is 6.33 Å². The summed E-state index contributed by atoms with van der Waals surface area (Å²) in [5.41, 5.74) is 8.72. The van der Waals surface area contributed by atoms with Gasteiger partial charge in [0.05, 0.1) is 28.0 Å². The van der Waals surface area contributed by atoms with E-state index in [1.54, 1.807) is 15.3 Å². The third-order valence-electron chi connectivity index (χ3n) is 5.57. The summed E-state index contributed by atoms with van der Waals surface area (Å²) < 4.78 is 3.15. The van der Waals surface area contributed by atoms with Gasteiger partial charge >= 0.3 is 0 Å². The second kappa shape index (κ2) is 8.70. The van der Waals surface area contributed by atoms with E-state index in [1.807, 2.05) is 81.4 Å². The van der Waals surface area contributed by atoms with Crippen molar-refractivity contribution in [1.82, 2.24) is 29.8 Å². The van der Waals surface area contributed by atoms with Gasteiger partial charge in [0, 0.05) is 0 Å². The summed E-state index contributed by atoms with van der Waals surface area (Å²) >= 11 is 0. The molecule has 0 saturated carbocycles. The molecule has 1 N–H and O–H groups in total. The van der Waals surface area contributed by atoms with Crippen LogP contribution in [0.5, 0.6) is 0 Å². The molecule has 0 amide bonds. The highest BCUT2D eigenvalue weighted by Crippen LogP contribution is 2.20. The van der Waals surface area contributed by atoms with Crippen molar-refractivity contribution >= 4 is 22.6 Å². The van der Waals surface area contributed by atoms with E-state index in [0.29, 0.717) is 22.6 Å². The third kappa shape index (κ3) is 3.95. The first-order chi connectivity index (χ1) is 16.5. The third-order valence-corrected chi connectivity index (χ3v) is 5.57. The van der Waals surface area contributed by atoms with Crippen LogP contribution in [0.15, 0.2) is 83.0 Å². The molecule has 9 heteroatoms. The summed E-state index contributed by atoms with van der Waals surface area (Å²) in [5, 5.41) is 16.4. The van der Waals surface area contributed by atoms with E-state index in [4.69, 9.17) is 4.98 Å². The molecule has 0 unspecified atom stereocenters. The molecule has 5 rings (SSSR count). The van der Waals surface area contributed by atoms with Gasteiger partial charge in [-0.1, -0.05) is 42.0 Å². The van der Waals surface area contributed by atoms with E-state index in [9.17, 15) is 4.79 Å². The van der Waals surface area contributed by atoms with E-state index in [2.05, 4.69) is 26.1 Å². The number of benzene rings is 3. The molecule has 5 aromatic rings. The van der Waals surface area contributed by atoms with Crippen LogP contribution in [0.25, 0.3) is 22.3 Å². The molecule has 2 heterocycles. The van der Waals surface area contributed by atoms with Crippen LogP contribution in [-0.4, -0.2) is 35.5 Å². The summed E-state index contributed by atoms with van der Waals surface area (Å²) in [6.07, 6.45) is 1.53. The number of hydrogen-bond acceptors (Lipinski definition) is 7. The van der Waals surface area contributed by atoms with Crippen LogP contribution in [0.1, 0.15) is 23.6 Å². The van der Waals surface area contributed by atoms with Gasteiger partial charge in [-0.25, -0.2) is 19.7 Å². The lowest BCUT2D eigenvalue weighted by molar-refractivity contribution is 0.789. The molecule has 0 aliphatic rings. The van der Waals surface area contributed by atoms with E-state index in [1.165, 1.54) is 6.33 Å². The van der Waals surface area contributed by atoms with Crippen LogP contribution in [0.3, 0.4) is 0 Å². The van der Waals surface area contributed by atoms with E-state index >= 15 is 0 Å². The number of hydrazone groups is 1. The molecule has 0 bridgehead atoms. The van der Waals surface area contributed by atoms with Gasteiger partial charge in [0.2, 0.25) is 5.95 Å². The monoisotopic (exact) mass is 450 g/mol. The maximum Gasteiger partial charge on any atom is 0.267 e. The lowest BCUT2D eigenvalue weighted by Gasteiger charge is -2.15. The molecule has 3 aromatic carbocycles. The predicted octanol–water partition coefficient (Wildman–Crippen LogP) is 3.81. The van der Waals surface area contributed by atoms with Crippen LogP contribution in [0.2, 0.25) is 0 Å². The number of fused-ring (bicyclic) bond motifs is 1. The highest BCUT2D eigenvalue weighted by molar-refractivity contribution is 5.99. The second-order valence-electron chi connectivity index (χ2n) is 8.00. The molecule has 0 fully saturated rings. The van der Waals surface area contributed by atoms with Crippen molar-refractivity contribution in [1.29, 1.82) is 0 Å². The average Bonchev–Trinajstić information content (AvgIpc) is 3.39. The molecule has 0 atom stereocenters. The maximum absolute atomic E-state index is 13.5. The molecule has 0 aliphatic carbocycles. The lowest BCUT2D eigenvalue weighted by Crippen LogP contribution is -2.23. The van der Waals surface area contributed by atoms with Gasteiger partial charge in [0.15, 0.2) is 0 Å². The molecule has 0 saturated heterocycles. The number of rotatable bonds is 5. The first kappa shape index (κ1) is 21.2. The molecule has 34 heavy (non-hydrogen) atoms. The summed E-state index contributed by atoms with van der Waals surface area (Å²) in [7, 11) is 0. The number of para-hydroxylation sites is 1. The van der Waals surface area contributed by atoms with Crippen LogP contribution in [0, 0.1) is 13.8 Å². The van der Waals surface area contributed by atoms with Gasteiger partial charge in [-0.2, -0.15) is 5.10 Å². The van der Waals surface area contributed by atoms with Crippen molar-refractivity contribution in [3.63, 3.8) is 0 Å². The normalized spacial score (nSPS) is 11.7. The molecular weight excluding hydrogens is 428 g/mol. The highest BCUT2D eigenvalue weighted by Gasteiger charge is 2.14. The zero-order valence-electron chi connectivity index (χ0n) is 19.0. The van der Waals surface area contributed by atoms with Crippen LogP contribution in [-0.2, 0) is 0 Å². The summed E-state index contributed by atoms with van der Waals surface area (Å²) in [4.78, 5) is 18.2. The zero-order valence-corrected chi connectivity index (χ0v) is 19.0. The van der Waals surface area contributed by atoms with Gasteiger partial charge in [0.25, 0.3) is 5.56 Å². The molecule has 168 valence electrons. The van der Waals surface area contributed by atoms with E-state index in [0.717, 1.165) is 28.1 Å². The minimum atomic E-state index is -0.159. The number of anilines is 1. The molecule has 0 radical (unpaired) electrons. The van der Waals surface area contributed by atoms with Crippen molar-refractivity contribution in [3.8, 4) is 11.4 Å². The zero-order chi connectivity index (χ0) is 23.7. The van der Waals surface area contributed by atoms with Crippen LogP contribution in [0.4, 0.5) is 5.95 Å². The molecule has 2 aromatic heterocycles. The minimum Gasteiger partial charge on any atom is -0.268 e. The van der Waals surface area contributed by atoms with E-state index < -0.39 is 0 Å². The molecule has 9 nitrogen and oxygen atoms in total. The maximum atomic E-state index is 13.5. The van der Waals surface area contributed by atoms with Crippen molar-refractivity contribution < 1.29 is 0 Å². The van der Waals surface area contributed by atoms with Crippen molar-refractivity contribution in [3.05, 3.63) is 100 Å². The number of nitrogens with one attached hydrogen (secondary N) is 1. The van der Waals surface area contributed by atoms with Crippen molar-refractivity contribution in [2.45, 2.75) is 20.8 Å². The Bertz CT molecular complexity index is 1580. The van der Waals surface area contributed by atoms with E-state index in [-0.39, 0.29) is 5.56 Å². The van der Waals surface area contributed by atoms with Gasteiger partial charge in [-0.05, 0) is 72.7 Å².